The highest BCUT2D eigenvalue weighted by Gasteiger charge is 2.27. The highest BCUT2D eigenvalue weighted by molar-refractivity contribution is 9.26. The van der Waals surface area contributed by atoms with Crippen molar-refractivity contribution < 1.29 is 9.47 Å². The van der Waals surface area contributed by atoms with Crippen LogP contribution in [-0.2, 0) is 9.47 Å². The number of ether oxygens (including phenoxy) is 2. The Morgan fingerprint density at radius 3 is 0.975 bits per heavy atom. The molecule has 0 radical (unpaired) electrons. The molecule has 0 aliphatic heterocycles. The van der Waals surface area contributed by atoms with Crippen molar-refractivity contribution >= 4 is 41.2 Å². The smallest absolute Gasteiger partial charge is 0.0465 e. The van der Waals surface area contributed by atoms with Gasteiger partial charge in [-0.05, 0) is 70.0 Å². The lowest BCUT2D eigenvalue weighted by atomic mass is 9.88. The summed E-state index contributed by atoms with van der Waals surface area (Å²) in [4.78, 5) is 0. The van der Waals surface area contributed by atoms with E-state index in [1.165, 1.54) is 116 Å². The predicted octanol–water partition coefficient (Wildman–Crippen LogP) is 13.6. The third-order valence-electron chi connectivity index (χ3n) is 7.69. The van der Waals surface area contributed by atoms with Crippen LogP contribution in [-0.4, -0.2) is 36.9 Å². The Kier molecular flexibility index (Phi) is 28.8. The first-order valence-corrected chi connectivity index (χ1v) is 21.9. The molecule has 0 aliphatic rings. The van der Waals surface area contributed by atoms with Crippen LogP contribution in [0.4, 0.5) is 0 Å². The third-order valence-corrected chi connectivity index (χ3v) is 15.7. The van der Waals surface area contributed by atoms with Crippen LogP contribution in [0, 0.1) is 10.8 Å². The number of unbranched alkanes of at least 4 members (excludes halogenated alkanes) is 14. The van der Waals surface area contributed by atoms with Crippen molar-refractivity contribution in [2.75, 3.05) is 26.4 Å². The minimum absolute atomic E-state index is 0.371. The monoisotopic (exact) mass is 638 g/mol. The molecular weight excluding hydrogens is 569 g/mol. The van der Waals surface area contributed by atoms with Gasteiger partial charge < -0.3 is 9.47 Å². The van der Waals surface area contributed by atoms with Crippen molar-refractivity contribution in [1.29, 1.82) is 0 Å². The average Bonchev–Trinajstić information content (AvgIpc) is 2.88. The van der Waals surface area contributed by atoms with Gasteiger partial charge in [0.2, 0.25) is 0 Å². The lowest BCUT2D eigenvalue weighted by Gasteiger charge is -2.31. The van der Waals surface area contributed by atoms with Gasteiger partial charge >= 0.3 is 0 Å². The number of hydrogen-bond donors (Lipinski definition) is 0. The first kappa shape index (κ1) is 41.3. The summed E-state index contributed by atoms with van der Waals surface area (Å²) in [6.07, 6.45) is 24.6. The second-order valence-corrected chi connectivity index (χ2v) is 19.9. The van der Waals surface area contributed by atoms with Crippen molar-refractivity contribution in [3.8, 4) is 0 Å². The van der Waals surface area contributed by atoms with Crippen molar-refractivity contribution in [3.63, 3.8) is 0 Å². The molecule has 2 atom stereocenters. The van der Waals surface area contributed by atoms with Crippen molar-refractivity contribution in [1.82, 2.24) is 0 Å². The first-order valence-electron chi connectivity index (χ1n) is 16.9. The molecule has 0 N–H and O–H groups in total. The van der Waals surface area contributed by atoms with E-state index < -0.39 is 0 Å². The van der Waals surface area contributed by atoms with Crippen LogP contribution in [0.25, 0.3) is 0 Å². The fourth-order valence-corrected chi connectivity index (χ4v) is 13.3. The lowest BCUT2D eigenvalue weighted by molar-refractivity contribution is 0.142. The Balaban J connectivity index is 4.03. The SMILES string of the molecule is CCOCCCCCCCCCCC(SSSSC(CCCCCCCCCCOCC)C(C)(C)C)C(C)(C)C. The lowest BCUT2D eigenvalue weighted by Crippen LogP contribution is -2.22. The largest absolute Gasteiger partial charge is 0.382 e. The van der Waals surface area contributed by atoms with Gasteiger partial charge in [-0.1, -0.05) is 153 Å². The van der Waals surface area contributed by atoms with Crippen LogP contribution in [0.3, 0.4) is 0 Å². The van der Waals surface area contributed by atoms with Crippen LogP contribution in [0.2, 0.25) is 0 Å². The van der Waals surface area contributed by atoms with E-state index in [4.69, 9.17) is 9.47 Å². The topological polar surface area (TPSA) is 18.5 Å². The van der Waals surface area contributed by atoms with Gasteiger partial charge in [0.25, 0.3) is 0 Å². The zero-order valence-electron chi connectivity index (χ0n) is 28.2. The third kappa shape index (κ3) is 26.9. The molecule has 0 rings (SSSR count). The van der Waals surface area contributed by atoms with E-state index in [-0.39, 0.29) is 0 Å². The maximum Gasteiger partial charge on any atom is 0.0465 e. The maximum atomic E-state index is 5.44. The molecule has 40 heavy (non-hydrogen) atoms. The number of rotatable bonds is 29. The summed E-state index contributed by atoms with van der Waals surface area (Å²) in [7, 11) is 8.40. The molecule has 0 saturated carbocycles. The highest BCUT2D eigenvalue weighted by atomic mass is 33.7. The Labute approximate surface area is 268 Å². The summed E-state index contributed by atoms with van der Waals surface area (Å²) < 4.78 is 10.9. The first-order chi connectivity index (χ1) is 19.1. The minimum atomic E-state index is 0.371. The van der Waals surface area contributed by atoms with Gasteiger partial charge in [0.15, 0.2) is 0 Å². The quantitative estimate of drug-likeness (QED) is 0.0595. The molecule has 0 aromatic heterocycles. The summed E-state index contributed by atoms with van der Waals surface area (Å²) in [5, 5.41) is 1.47. The van der Waals surface area contributed by atoms with Crippen molar-refractivity contribution in [2.24, 2.45) is 10.8 Å². The molecule has 0 spiro atoms. The van der Waals surface area contributed by atoms with Crippen LogP contribution >= 0.6 is 41.2 Å². The van der Waals surface area contributed by atoms with E-state index >= 15 is 0 Å². The molecule has 0 bridgehead atoms. The Hall–Kier alpha value is 1.32. The molecular formula is C34H70O2S4. The average molecular weight is 639 g/mol. The molecule has 0 aliphatic carbocycles. The second kappa shape index (κ2) is 27.8. The normalized spacial score (nSPS) is 14.1. The van der Waals surface area contributed by atoms with E-state index in [1.54, 1.807) is 0 Å². The van der Waals surface area contributed by atoms with Crippen LogP contribution in [0.15, 0.2) is 0 Å². The zero-order valence-corrected chi connectivity index (χ0v) is 31.4. The van der Waals surface area contributed by atoms with Crippen molar-refractivity contribution in [2.45, 2.75) is 181 Å². The minimum Gasteiger partial charge on any atom is -0.382 e. The summed E-state index contributed by atoms with van der Waals surface area (Å²) in [6.45, 7) is 22.4. The highest BCUT2D eigenvalue weighted by Crippen LogP contribution is 2.53. The predicted molar refractivity (Wildman–Crippen MR) is 193 cm³/mol. The Bertz CT molecular complexity index is 473. The Morgan fingerprint density at radius 1 is 0.425 bits per heavy atom. The summed E-state index contributed by atoms with van der Waals surface area (Å²) >= 11 is 0. The van der Waals surface area contributed by atoms with Crippen LogP contribution in [0.5, 0.6) is 0 Å². The Morgan fingerprint density at radius 2 is 0.700 bits per heavy atom. The van der Waals surface area contributed by atoms with Gasteiger partial charge in [-0.25, -0.2) is 0 Å². The molecule has 242 valence electrons. The summed E-state index contributed by atoms with van der Waals surface area (Å²) in [5.41, 5.74) is 0.742. The van der Waals surface area contributed by atoms with Crippen LogP contribution < -0.4 is 0 Å². The summed E-state index contributed by atoms with van der Waals surface area (Å²) in [5.74, 6) is 0. The van der Waals surface area contributed by atoms with Gasteiger partial charge in [-0.2, -0.15) is 0 Å². The van der Waals surface area contributed by atoms with Gasteiger partial charge in [0, 0.05) is 36.9 Å². The second-order valence-electron chi connectivity index (χ2n) is 13.7. The molecule has 0 saturated heterocycles. The van der Waals surface area contributed by atoms with E-state index in [0.29, 0.717) is 10.8 Å². The molecule has 0 fully saturated rings. The molecule has 0 aromatic rings. The van der Waals surface area contributed by atoms with E-state index in [2.05, 4.69) is 96.6 Å². The van der Waals surface area contributed by atoms with E-state index in [0.717, 1.165) is 36.9 Å². The van der Waals surface area contributed by atoms with Gasteiger partial charge in [-0.3, -0.25) is 0 Å². The van der Waals surface area contributed by atoms with Gasteiger partial charge in [-0.15, -0.1) is 0 Å². The molecule has 0 aromatic carbocycles. The molecule has 2 nitrogen and oxygen atoms in total. The zero-order chi connectivity index (χ0) is 30.0. The van der Waals surface area contributed by atoms with Crippen molar-refractivity contribution in [3.05, 3.63) is 0 Å². The fourth-order valence-electron chi connectivity index (χ4n) is 4.86. The fraction of sp³-hybridized carbons (Fsp3) is 1.00. The maximum absolute atomic E-state index is 5.44. The van der Waals surface area contributed by atoms with E-state index in [9.17, 15) is 0 Å². The molecule has 0 amide bonds. The van der Waals surface area contributed by atoms with Crippen LogP contribution in [0.1, 0.15) is 171 Å². The van der Waals surface area contributed by atoms with Gasteiger partial charge in [0.05, 0.1) is 0 Å². The molecule has 0 heterocycles. The number of hydrogen-bond acceptors (Lipinski definition) is 6. The summed E-state index contributed by atoms with van der Waals surface area (Å²) in [6, 6.07) is 0. The standard InChI is InChI=1S/C34H70O2S4/c1-9-35-29-25-21-17-13-11-15-19-23-27-31(33(3,4)5)37-39-40-38-32(34(6,7)8)28-24-20-16-12-14-18-22-26-30-36-10-2/h31-32H,9-30H2,1-8H3. The molecule has 6 heteroatoms. The van der Waals surface area contributed by atoms with Gasteiger partial charge in [0.1, 0.15) is 0 Å². The molecule has 2 unspecified atom stereocenters. The van der Waals surface area contributed by atoms with E-state index in [1.807, 2.05) is 0 Å².